The maximum Gasteiger partial charge on any atom is 0.0904 e. The van der Waals surface area contributed by atoms with Gasteiger partial charge in [0, 0.05) is 28.9 Å². The molecule has 0 fully saturated rings. The zero-order valence-electron chi connectivity index (χ0n) is 26.9. The van der Waals surface area contributed by atoms with E-state index in [0.717, 1.165) is 103 Å². The predicted molar refractivity (Wildman–Crippen MR) is 179 cm³/mol. The average molecular weight is 565 g/mol. The van der Waals surface area contributed by atoms with Crippen molar-refractivity contribution in [3.05, 3.63) is 79.8 Å². The van der Waals surface area contributed by atoms with Gasteiger partial charge in [-0.25, -0.2) is 9.98 Å². The number of hydrogen-bond acceptors (Lipinski definition) is 4. The van der Waals surface area contributed by atoms with Gasteiger partial charge in [-0.2, -0.15) is 0 Å². The first-order valence-electron chi connectivity index (χ1n) is 16.4. The minimum Gasteiger partial charge on any atom is -0.515 e. The SMILES string of the molecule is CCC1=C(CC)C2=NC1=Cc1[nH]c(c(CC)c1CC)C=C1N=C(/C(=C/O)C3=NC(=C2)C(CC)=C3CC)C(CC)C1CC. The number of aliphatic hydroxyl groups excluding tert-OH is 1. The largest absolute Gasteiger partial charge is 0.515 e. The van der Waals surface area contributed by atoms with Crippen molar-refractivity contribution < 1.29 is 5.11 Å². The fourth-order valence-corrected chi connectivity index (χ4v) is 7.68. The molecule has 4 aliphatic heterocycles. The minimum absolute atomic E-state index is 0.226. The first-order valence-corrected chi connectivity index (χ1v) is 16.4. The van der Waals surface area contributed by atoms with Gasteiger partial charge in [-0.3, -0.25) is 4.99 Å². The molecule has 8 bridgehead atoms. The Morgan fingerprint density at radius 1 is 0.643 bits per heavy atom. The monoisotopic (exact) mass is 564 g/mol. The van der Waals surface area contributed by atoms with E-state index in [-0.39, 0.29) is 11.8 Å². The zero-order chi connectivity index (χ0) is 30.1. The summed E-state index contributed by atoms with van der Waals surface area (Å²) in [6, 6.07) is 0. The Morgan fingerprint density at radius 3 is 1.76 bits per heavy atom. The van der Waals surface area contributed by atoms with E-state index in [0.29, 0.717) is 0 Å². The van der Waals surface area contributed by atoms with Crippen LogP contribution < -0.4 is 0 Å². The molecule has 0 saturated carbocycles. The molecule has 0 saturated heterocycles. The number of nitrogens with zero attached hydrogens (tertiary/aromatic N) is 3. The van der Waals surface area contributed by atoms with Gasteiger partial charge in [0.15, 0.2) is 0 Å². The summed E-state index contributed by atoms with van der Waals surface area (Å²) in [5.41, 5.74) is 16.9. The third-order valence-electron chi connectivity index (χ3n) is 9.67. The Labute approximate surface area is 252 Å². The minimum atomic E-state index is 0.226. The Bertz CT molecular complexity index is 1560. The summed E-state index contributed by atoms with van der Waals surface area (Å²) in [4.78, 5) is 19.7. The van der Waals surface area contributed by atoms with Crippen LogP contribution in [0.3, 0.4) is 0 Å². The predicted octanol–water partition coefficient (Wildman–Crippen LogP) is 9.81. The van der Waals surface area contributed by atoms with Gasteiger partial charge < -0.3 is 10.1 Å². The Balaban J connectivity index is 1.88. The van der Waals surface area contributed by atoms with E-state index in [1.54, 1.807) is 0 Å². The normalized spacial score (nSPS) is 22.9. The molecule has 222 valence electrons. The van der Waals surface area contributed by atoms with Crippen LogP contribution >= 0.6 is 0 Å². The number of aromatic nitrogens is 1. The van der Waals surface area contributed by atoms with Gasteiger partial charge in [-0.1, -0.05) is 55.4 Å². The second-order valence-electron chi connectivity index (χ2n) is 11.6. The third kappa shape index (κ3) is 4.75. The number of aliphatic hydroxyl groups is 1. The van der Waals surface area contributed by atoms with E-state index in [1.165, 1.54) is 39.7 Å². The highest BCUT2D eigenvalue weighted by Gasteiger charge is 2.38. The van der Waals surface area contributed by atoms with Crippen molar-refractivity contribution in [1.29, 1.82) is 0 Å². The number of aromatic amines is 1. The number of rotatable bonds is 8. The van der Waals surface area contributed by atoms with Crippen LogP contribution in [0.15, 0.2) is 72.3 Å². The lowest BCUT2D eigenvalue weighted by Gasteiger charge is -2.20. The Kier molecular flexibility index (Phi) is 8.86. The molecule has 0 aliphatic carbocycles. The number of allylic oxidation sites excluding steroid dienone is 7. The van der Waals surface area contributed by atoms with Crippen molar-refractivity contribution in [2.75, 3.05) is 0 Å². The van der Waals surface area contributed by atoms with Gasteiger partial charge in [0.2, 0.25) is 0 Å². The topological polar surface area (TPSA) is 73.1 Å². The third-order valence-corrected chi connectivity index (χ3v) is 9.67. The van der Waals surface area contributed by atoms with Crippen molar-refractivity contribution in [2.45, 2.75) is 107 Å². The maximum absolute atomic E-state index is 10.8. The van der Waals surface area contributed by atoms with E-state index < -0.39 is 0 Å². The second kappa shape index (κ2) is 12.4. The maximum atomic E-state index is 10.8. The molecule has 0 amide bonds. The summed E-state index contributed by atoms with van der Waals surface area (Å²) in [6.45, 7) is 17.8. The Morgan fingerprint density at radius 2 is 1.21 bits per heavy atom. The molecular weight excluding hydrogens is 516 g/mol. The van der Waals surface area contributed by atoms with Gasteiger partial charge >= 0.3 is 0 Å². The molecule has 2 N–H and O–H groups in total. The van der Waals surface area contributed by atoms with E-state index in [4.69, 9.17) is 15.0 Å². The van der Waals surface area contributed by atoms with Gasteiger partial charge in [0.1, 0.15) is 0 Å². The molecule has 1 aromatic heterocycles. The van der Waals surface area contributed by atoms with Crippen LogP contribution in [0.4, 0.5) is 0 Å². The molecule has 0 aromatic carbocycles. The molecule has 5 rings (SSSR count). The first kappa shape index (κ1) is 30.0. The van der Waals surface area contributed by atoms with Gasteiger partial charge in [-0.15, -0.1) is 0 Å². The van der Waals surface area contributed by atoms with Gasteiger partial charge in [-0.05, 0) is 103 Å². The molecule has 2 atom stereocenters. The molecule has 0 radical (unpaired) electrons. The van der Waals surface area contributed by atoms with E-state index in [2.05, 4.69) is 78.6 Å². The van der Waals surface area contributed by atoms with E-state index >= 15 is 0 Å². The van der Waals surface area contributed by atoms with Gasteiger partial charge in [0.05, 0.1) is 40.4 Å². The summed E-state index contributed by atoms with van der Waals surface area (Å²) >= 11 is 0. The van der Waals surface area contributed by atoms with Crippen molar-refractivity contribution in [3.8, 4) is 0 Å². The van der Waals surface area contributed by atoms with Crippen LogP contribution in [-0.4, -0.2) is 27.2 Å². The summed E-state index contributed by atoms with van der Waals surface area (Å²) in [6.07, 6.45) is 15.5. The Hall–Kier alpha value is -3.47. The number of fused-ring (bicyclic) bond motifs is 5. The lowest BCUT2D eigenvalue weighted by Crippen LogP contribution is -2.23. The fraction of sp³-hybridized carbons (Fsp3) is 0.486. The molecular formula is C37H48N4O. The first-order chi connectivity index (χ1) is 20.4. The zero-order valence-corrected chi connectivity index (χ0v) is 26.9. The number of hydrogen-bond donors (Lipinski definition) is 2. The van der Waals surface area contributed by atoms with Crippen LogP contribution in [0.5, 0.6) is 0 Å². The van der Waals surface area contributed by atoms with E-state index in [9.17, 15) is 5.11 Å². The van der Waals surface area contributed by atoms with Crippen LogP contribution in [0.1, 0.15) is 116 Å². The highest BCUT2D eigenvalue weighted by atomic mass is 16.2. The molecule has 4 aliphatic rings. The smallest absolute Gasteiger partial charge is 0.0904 e. The lowest BCUT2D eigenvalue weighted by molar-refractivity contribution is 0.464. The van der Waals surface area contributed by atoms with Crippen LogP contribution in [0.2, 0.25) is 0 Å². The molecule has 1 aromatic rings. The van der Waals surface area contributed by atoms with Crippen molar-refractivity contribution >= 4 is 29.3 Å². The summed E-state index contributed by atoms with van der Waals surface area (Å²) in [5, 5.41) is 10.8. The summed E-state index contributed by atoms with van der Waals surface area (Å²) < 4.78 is 0. The lowest BCUT2D eigenvalue weighted by atomic mass is 9.81. The van der Waals surface area contributed by atoms with Crippen LogP contribution in [-0.2, 0) is 12.8 Å². The molecule has 2 unspecified atom stereocenters. The van der Waals surface area contributed by atoms with Crippen LogP contribution in [0.25, 0.3) is 12.2 Å². The van der Waals surface area contributed by atoms with Crippen LogP contribution in [0, 0.1) is 11.8 Å². The second-order valence-corrected chi connectivity index (χ2v) is 11.6. The van der Waals surface area contributed by atoms with Crippen molar-refractivity contribution in [1.82, 2.24) is 4.98 Å². The number of nitrogens with one attached hydrogen (secondary N) is 1. The number of aliphatic imine (C=N–C) groups is 3. The fourth-order valence-electron chi connectivity index (χ4n) is 7.68. The average Bonchev–Trinajstić information content (AvgIpc) is 3.72. The molecule has 5 nitrogen and oxygen atoms in total. The standard InChI is InChI=1S/C37H48N4O/c1-9-21-23(11-3)32-18-34-25(13-5)27(15-7)36(40-34)29(20-42)37-28(16-8)26(14-6)35(41-37)19-33-24(12-4)22(10-2)31(39-33)17-30(21)38-32/h17-20,25,27,38,42H,9-16H2,1-8H3/b29-20-,31-17?,34-18?,35-19?. The molecule has 42 heavy (non-hydrogen) atoms. The summed E-state index contributed by atoms with van der Waals surface area (Å²) in [7, 11) is 0. The molecule has 5 heterocycles. The van der Waals surface area contributed by atoms with E-state index in [1.807, 2.05) is 0 Å². The van der Waals surface area contributed by atoms with Crippen molar-refractivity contribution in [2.24, 2.45) is 26.8 Å². The highest BCUT2D eigenvalue weighted by Crippen LogP contribution is 2.43. The number of H-pyrrole nitrogens is 1. The quantitative estimate of drug-likeness (QED) is 0.303. The molecule has 5 heteroatoms. The summed E-state index contributed by atoms with van der Waals surface area (Å²) in [5.74, 6) is 0.513. The highest BCUT2D eigenvalue weighted by molar-refractivity contribution is 6.33. The van der Waals surface area contributed by atoms with Crippen molar-refractivity contribution in [3.63, 3.8) is 0 Å². The van der Waals surface area contributed by atoms with Gasteiger partial charge in [0.25, 0.3) is 0 Å². The molecule has 0 spiro atoms.